The van der Waals surface area contributed by atoms with Crippen molar-refractivity contribution in [2.24, 2.45) is 10.7 Å². The van der Waals surface area contributed by atoms with Crippen molar-refractivity contribution >= 4 is 17.5 Å². The lowest BCUT2D eigenvalue weighted by atomic mass is 10.3. The van der Waals surface area contributed by atoms with Crippen LogP contribution in [0.1, 0.15) is 6.92 Å². The second kappa shape index (κ2) is 4.52. The van der Waals surface area contributed by atoms with Crippen LogP contribution in [0.2, 0.25) is 0 Å². The van der Waals surface area contributed by atoms with Gasteiger partial charge in [0.15, 0.2) is 11.5 Å². The van der Waals surface area contributed by atoms with Crippen LogP contribution in [0.4, 0.5) is 5.69 Å². The minimum Gasteiger partial charge on any atom is -0.504 e. The van der Waals surface area contributed by atoms with E-state index in [1.54, 1.807) is 14.0 Å². The lowest BCUT2D eigenvalue weighted by Crippen LogP contribution is -2.36. The third-order valence-electron chi connectivity index (χ3n) is 2.05. The van der Waals surface area contributed by atoms with Gasteiger partial charge in [-0.3, -0.25) is 5.41 Å². The summed E-state index contributed by atoms with van der Waals surface area (Å²) in [5, 5.41) is 25.7. The molecule has 0 aliphatic rings. The van der Waals surface area contributed by atoms with Crippen LogP contribution in [0, 0.1) is 5.41 Å². The number of phenolic OH excluding ortho intramolecular Hbond substituents is 2. The Hall–Kier alpha value is -2.24. The van der Waals surface area contributed by atoms with Gasteiger partial charge in [0.05, 0.1) is 11.5 Å². The third kappa shape index (κ3) is 2.63. The number of hydrogen-bond acceptors (Lipinski definition) is 4. The predicted molar refractivity (Wildman–Crippen MR) is 62.2 cm³/mol. The van der Waals surface area contributed by atoms with E-state index in [0.29, 0.717) is 5.69 Å². The van der Waals surface area contributed by atoms with Gasteiger partial charge in [-0.05, 0) is 19.1 Å². The molecule has 1 aromatic rings. The van der Waals surface area contributed by atoms with Gasteiger partial charge in [-0.15, -0.1) is 0 Å². The second-order valence-corrected chi connectivity index (χ2v) is 3.29. The summed E-state index contributed by atoms with van der Waals surface area (Å²) in [7, 11) is 1.61. The molecule has 6 heteroatoms. The van der Waals surface area contributed by atoms with Gasteiger partial charge in [0.2, 0.25) is 5.96 Å². The average molecular weight is 222 g/mol. The fourth-order valence-corrected chi connectivity index (χ4v) is 0.960. The van der Waals surface area contributed by atoms with Crippen LogP contribution in [-0.4, -0.2) is 34.0 Å². The lowest BCUT2D eigenvalue weighted by molar-refractivity contribution is 0.404. The second-order valence-electron chi connectivity index (χ2n) is 3.29. The number of nitrogens with one attached hydrogen (secondary N) is 1. The summed E-state index contributed by atoms with van der Waals surface area (Å²) < 4.78 is 0. The topological polar surface area (TPSA) is 106 Å². The van der Waals surface area contributed by atoms with Crippen molar-refractivity contribution in [3.8, 4) is 11.5 Å². The molecule has 0 aliphatic heterocycles. The third-order valence-corrected chi connectivity index (χ3v) is 2.05. The zero-order valence-corrected chi connectivity index (χ0v) is 9.10. The first-order valence-corrected chi connectivity index (χ1v) is 4.57. The highest BCUT2D eigenvalue weighted by molar-refractivity contribution is 5.97. The van der Waals surface area contributed by atoms with Crippen molar-refractivity contribution in [2.45, 2.75) is 6.92 Å². The SMILES string of the molecule is CC(=N)N(C)C(N)=Nc1ccc(O)c(O)c1. The number of rotatable bonds is 1. The molecule has 0 unspecified atom stereocenters. The maximum absolute atomic E-state index is 9.24. The summed E-state index contributed by atoms with van der Waals surface area (Å²) in [4.78, 5) is 5.38. The van der Waals surface area contributed by atoms with Crippen LogP contribution < -0.4 is 5.73 Å². The number of hydrogen-bond donors (Lipinski definition) is 4. The Kier molecular flexibility index (Phi) is 3.34. The molecule has 0 fully saturated rings. The summed E-state index contributed by atoms with van der Waals surface area (Å²) in [6.45, 7) is 1.58. The molecule has 5 N–H and O–H groups in total. The minimum atomic E-state index is -0.261. The van der Waals surface area contributed by atoms with Crippen LogP contribution in [0.25, 0.3) is 0 Å². The first-order chi connectivity index (χ1) is 7.41. The number of amidine groups is 1. The van der Waals surface area contributed by atoms with Gasteiger partial charge in [0.1, 0.15) is 0 Å². The van der Waals surface area contributed by atoms with E-state index in [1.165, 1.54) is 23.1 Å². The van der Waals surface area contributed by atoms with E-state index in [9.17, 15) is 5.11 Å². The fourth-order valence-electron chi connectivity index (χ4n) is 0.960. The van der Waals surface area contributed by atoms with Crippen molar-refractivity contribution in [1.29, 1.82) is 5.41 Å². The predicted octanol–water partition coefficient (Wildman–Crippen LogP) is 0.973. The van der Waals surface area contributed by atoms with Gasteiger partial charge in [-0.2, -0.15) is 0 Å². The summed E-state index contributed by atoms with van der Waals surface area (Å²) in [5.74, 6) is -0.0840. The normalized spacial score (nSPS) is 11.2. The van der Waals surface area contributed by atoms with Crippen molar-refractivity contribution in [3.63, 3.8) is 0 Å². The Balaban J connectivity index is 2.98. The van der Waals surface area contributed by atoms with Crippen molar-refractivity contribution in [1.82, 2.24) is 4.90 Å². The standard InChI is InChI=1S/C10H14N4O2/c1-6(11)14(2)10(12)13-7-3-4-8(15)9(16)5-7/h3-5,11,15-16H,1-2H3,(H2,12,13). The van der Waals surface area contributed by atoms with Crippen LogP contribution >= 0.6 is 0 Å². The molecule has 1 rings (SSSR count). The van der Waals surface area contributed by atoms with Crippen LogP contribution in [0.15, 0.2) is 23.2 Å². The van der Waals surface area contributed by atoms with Gasteiger partial charge in [-0.1, -0.05) is 0 Å². The number of nitrogens with two attached hydrogens (primary N) is 1. The molecular formula is C10H14N4O2. The van der Waals surface area contributed by atoms with Gasteiger partial charge in [-0.25, -0.2) is 4.99 Å². The average Bonchev–Trinajstić information content (AvgIpc) is 2.22. The first kappa shape index (κ1) is 11.8. The van der Waals surface area contributed by atoms with E-state index in [2.05, 4.69) is 4.99 Å². The summed E-state index contributed by atoms with van der Waals surface area (Å²) in [6, 6.07) is 4.11. The van der Waals surface area contributed by atoms with Gasteiger partial charge >= 0.3 is 0 Å². The molecule has 1 aromatic carbocycles. The number of phenols is 2. The Bertz CT molecular complexity index is 442. The van der Waals surface area contributed by atoms with E-state index < -0.39 is 0 Å². The maximum atomic E-state index is 9.24. The minimum absolute atomic E-state index is 0.137. The van der Waals surface area contributed by atoms with E-state index in [4.69, 9.17) is 16.2 Å². The van der Waals surface area contributed by atoms with Crippen molar-refractivity contribution < 1.29 is 10.2 Å². The summed E-state index contributed by atoms with van der Waals surface area (Å²) in [5.41, 5.74) is 6.03. The smallest absolute Gasteiger partial charge is 0.201 e. The van der Waals surface area contributed by atoms with E-state index >= 15 is 0 Å². The Labute approximate surface area is 93.2 Å². The van der Waals surface area contributed by atoms with Crippen LogP contribution in [0.3, 0.4) is 0 Å². The number of nitrogens with zero attached hydrogens (tertiary/aromatic N) is 2. The zero-order chi connectivity index (χ0) is 12.3. The molecule has 0 atom stereocenters. The largest absolute Gasteiger partial charge is 0.504 e. The Morgan fingerprint density at radius 3 is 2.50 bits per heavy atom. The molecular weight excluding hydrogens is 208 g/mol. The molecule has 6 nitrogen and oxygen atoms in total. The molecule has 0 heterocycles. The van der Waals surface area contributed by atoms with Gasteiger partial charge in [0.25, 0.3) is 0 Å². The molecule has 0 aromatic heterocycles. The highest BCUT2D eigenvalue weighted by Crippen LogP contribution is 2.28. The van der Waals surface area contributed by atoms with Crippen LogP contribution in [0.5, 0.6) is 11.5 Å². The lowest BCUT2D eigenvalue weighted by Gasteiger charge is -2.15. The van der Waals surface area contributed by atoms with Gasteiger partial charge in [0, 0.05) is 13.1 Å². The Morgan fingerprint density at radius 2 is 2.00 bits per heavy atom. The number of guanidine groups is 1. The van der Waals surface area contributed by atoms with Crippen LogP contribution in [-0.2, 0) is 0 Å². The molecule has 0 saturated heterocycles. The molecule has 86 valence electrons. The highest BCUT2D eigenvalue weighted by Gasteiger charge is 2.05. The van der Waals surface area contributed by atoms with Gasteiger partial charge < -0.3 is 20.8 Å². The molecule has 0 amide bonds. The van der Waals surface area contributed by atoms with E-state index in [1.807, 2.05) is 0 Å². The summed E-state index contributed by atoms with van der Waals surface area (Å²) >= 11 is 0. The van der Waals surface area contributed by atoms with E-state index in [0.717, 1.165) is 0 Å². The van der Waals surface area contributed by atoms with Crippen molar-refractivity contribution in [2.75, 3.05) is 7.05 Å². The molecule has 0 bridgehead atoms. The number of aromatic hydroxyl groups is 2. The maximum Gasteiger partial charge on any atom is 0.201 e. The monoisotopic (exact) mass is 222 g/mol. The summed E-state index contributed by atoms with van der Waals surface area (Å²) in [6.07, 6.45) is 0. The van der Waals surface area contributed by atoms with Crippen molar-refractivity contribution in [3.05, 3.63) is 18.2 Å². The highest BCUT2D eigenvalue weighted by atomic mass is 16.3. The number of benzene rings is 1. The van der Waals surface area contributed by atoms with E-state index in [-0.39, 0.29) is 23.3 Å². The number of aliphatic imine (C=N–C) groups is 1. The zero-order valence-electron chi connectivity index (χ0n) is 9.10. The molecule has 0 spiro atoms. The molecule has 0 radical (unpaired) electrons. The molecule has 0 aliphatic carbocycles. The molecule has 16 heavy (non-hydrogen) atoms. The fraction of sp³-hybridized carbons (Fsp3) is 0.200. The quantitative estimate of drug-likeness (QED) is 0.323. The first-order valence-electron chi connectivity index (χ1n) is 4.57. The Morgan fingerprint density at radius 1 is 1.38 bits per heavy atom. The molecule has 0 saturated carbocycles.